The minimum Gasteiger partial charge on any atom is -0.327 e. The quantitative estimate of drug-likeness (QED) is 0.893. The first-order valence-electron chi connectivity index (χ1n) is 6.39. The van der Waals surface area contributed by atoms with Crippen molar-refractivity contribution in [2.45, 2.75) is 31.7 Å². The number of rotatable bonds is 3. The van der Waals surface area contributed by atoms with Gasteiger partial charge in [-0.15, -0.1) is 0 Å². The number of likely N-dealkylation sites (tertiary alicyclic amines) is 1. The molecule has 2 rings (SSSR count). The maximum Gasteiger partial charge on any atom is 0.230 e. The summed E-state index contributed by atoms with van der Waals surface area (Å²) in [6.45, 7) is 0.405. The lowest BCUT2D eigenvalue weighted by Gasteiger charge is -2.28. The number of nitrogens with two attached hydrogens (primary N) is 1. The minimum atomic E-state index is -0.296. The summed E-state index contributed by atoms with van der Waals surface area (Å²) in [4.78, 5) is 24.9. The summed E-state index contributed by atoms with van der Waals surface area (Å²) < 4.78 is 12.7. The number of imide groups is 1. The van der Waals surface area contributed by atoms with Gasteiger partial charge in [-0.2, -0.15) is 0 Å². The first-order chi connectivity index (χ1) is 9.06. The zero-order valence-electron chi connectivity index (χ0n) is 10.6. The van der Waals surface area contributed by atoms with Crippen molar-refractivity contribution in [3.63, 3.8) is 0 Å². The third kappa shape index (κ3) is 3.61. The number of nitrogens with zero attached hydrogens (tertiary/aromatic N) is 1. The van der Waals surface area contributed by atoms with Crippen LogP contribution in [0.5, 0.6) is 0 Å². The zero-order valence-corrected chi connectivity index (χ0v) is 10.6. The largest absolute Gasteiger partial charge is 0.327 e. The Morgan fingerprint density at radius 1 is 1.37 bits per heavy atom. The third-order valence-electron chi connectivity index (χ3n) is 3.30. The van der Waals surface area contributed by atoms with Crippen LogP contribution in [0.1, 0.15) is 24.8 Å². The van der Waals surface area contributed by atoms with E-state index in [9.17, 15) is 14.0 Å². The molecule has 1 aromatic carbocycles. The van der Waals surface area contributed by atoms with E-state index >= 15 is 0 Å². The molecule has 1 atom stereocenters. The van der Waals surface area contributed by atoms with Crippen molar-refractivity contribution >= 4 is 11.8 Å². The normalized spacial score (nSPS) is 19.6. The summed E-state index contributed by atoms with van der Waals surface area (Å²) in [5.41, 5.74) is 6.56. The molecule has 102 valence electrons. The molecule has 1 fully saturated rings. The SMILES string of the molecule is NC1CCN(C(=O)CCc2ccc(F)cc2)C(=O)C1. The number of hydrogen-bond acceptors (Lipinski definition) is 3. The Bertz CT molecular complexity index is 473. The fourth-order valence-corrected chi connectivity index (χ4v) is 2.16. The highest BCUT2D eigenvalue weighted by atomic mass is 19.1. The van der Waals surface area contributed by atoms with E-state index in [4.69, 9.17) is 5.73 Å². The van der Waals surface area contributed by atoms with Gasteiger partial charge in [0.05, 0.1) is 0 Å². The molecule has 4 nitrogen and oxygen atoms in total. The second-order valence-corrected chi connectivity index (χ2v) is 4.82. The van der Waals surface area contributed by atoms with Gasteiger partial charge in [-0.3, -0.25) is 14.5 Å². The summed E-state index contributed by atoms with van der Waals surface area (Å²) >= 11 is 0. The average Bonchev–Trinajstić information content (AvgIpc) is 2.37. The number of aryl methyl sites for hydroxylation is 1. The topological polar surface area (TPSA) is 63.4 Å². The van der Waals surface area contributed by atoms with Crippen molar-refractivity contribution in [3.8, 4) is 0 Å². The maximum absolute atomic E-state index is 12.7. The summed E-state index contributed by atoms with van der Waals surface area (Å²) in [5.74, 6) is -0.667. The van der Waals surface area contributed by atoms with Gasteiger partial charge in [-0.05, 0) is 30.5 Å². The monoisotopic (exact) mass is 264 g/mol. The number of piperidine rings is 1. The molecule has 1 aliphatic rings. The zero-order chi connectivity index (χ0) is 13.8. The van der Waals surface area contributed by atoms with Crippen LogP contribution < -0.4 is 5.73 Å². The Labute approximate surface area is 111 Å². The van der Waals surface area contributed by atoms with Crippen LogP contribution in [0.3, 0.4) is 0 Å². The van der Waals surface area contributed by atoms with Crippen LogP contribution in [0, 0.1) is 5.82 Å². The number of amides is 2. The second-order valence-electron chi connectivity index (χ2n) is 4.82. The van der Waals surface area contributed by atoms with E-state index in [-0.39, 0.29) is 36.5 Å². The van der Waals surface area contributed by atoms with E-state index < -0.39 is 0 Å². The predicted molar refractivity (Wildman–Crippen MR) is 68.7 cm³/mol. The van der Waals surface area contributed by atoms with Crippen LogP contribution in [0.15, 0.2) is 24.3 Å². The van der Waals surface area contributed by atoms with Gasteiger partial charge in [0.15, 0.2) is 0 Å². The van der Waals surface area contributed by atoms with Crippen molar-refractivity contribution in [2.75, 3.05) is 6.54 Å². The van der Waals surface area contributed by atoms with Gasteiger partial charge in [0.2, 0.25) is 11.8 Å². The standard InChI is InChI=1S/C14H17FN2O2/c15-11-4-1-10(2-5-11)3-6-13(18)17-8-7-12(16)9-14(17)19/h1-2,4-5,12H,3,6-9,16H2. The number of carbonyl (C=O) groups is 2. The molecule has 0 saturated carbocycles. The third-order valence-corrected chi connectivity index (χ3v) is 3.30. The molecule has 1 heterocycles. The van der Waals surface area contributed by atoms with Crippen molar-refractivity contribution in [1.29, 1.82) is 0 Å². The number of halogens is 1. The van der Waals surface area contributed by atoms with Crippen molar-refractivity contribution in [3.05, 3.63) is 35.6 Å². The van der Waals surface area contributed by atoms with E-state index in [1.807, 2.05) is 0 Å². The smallest absolute Gasteiger partial charge is 0.230 e. The molecule has 2 N–H and O–H groups in total. The van der Waals surface area contributed by atoms with E-state index in [0.29, 0.717) is 19.4 Å². The van der Waals surface area contributed by atoms with Crippen molar-refractivity contribution in [1.82, 2.24) is 4.90 Å². The van der Waals surface area contributed by atoms with Crippen molar-refractivity contribution < 1.29 is 14.0 Å². The van der Waals surface area contributed by atoms with Crippen molar-refractivity contribution in [2.24, 2.45) is 5.73 Å². The van der Waals surface area contributed by atoms with Gasteiger partial charge in [-0.25, -0.2) is 4.39 Å². The summed E-state index contributed by atoms with van der Waals surface area (Å²) in [5, 5.41) is 0. The van der Waals surface area contributed by atoms with Crippen LogP contribution in [-0.4, -0.2) is 29.3 Å². The van der Waals surface area contributed by atoms with Gasteiger partial charge in [0, 0.05) is 25.4 Å². The summed E-state index contributed by atoms with van der Waals surface area (Å²) in [7, 11) is 0. The average molecular weight is 264 g/mol. The summed E-state index contributed by atoms with van der Waals surface area (Å²) in [6.07, 6.45) is 1.66. The van der Waals surface area contributed by atoms with Gasteiger partial charge in [0.25, 0.3) is 0 Å². The Kier molecular flexibility index (Phi) is 4.27. The highest BCUT2D eigenvalue weighted by molar-refractivity contribution is 5.96. The molecule has 1 aliphatic heterocycles. The van der Waals surface area contributed by atoms with Gasteiger partial charge < -0.3 is 5.73 Å². The molecular weight excluding hydrogens is 247 g/mol. The molecular formula is C14H17FN2O2. The number of benzene rings is 1. The summed E-state index contributed by atoms with van der Waals surface area (Å²) in [6, 6.07) is 5.90. The van der Waals surface area contributed by atoms with Crippen LogP contribution in [0.4, 0.5) is 4.39 Å². The second kappa shape index (κ2) is 5.93. The molecule has 0 radical (unpaired) electrons. The molecule has 0 aromatic heterocycles. The fourth-order valence-electron chi connectivity index (χ4n) is 2.16. The predicted octanol–water partition coefficient (Wildman–Crippen LogP) is 1.23. The Morgan fingerprint density at radius 3 is 2.68 bits per heavy atom. The van der Waals surface area contributed by atoms with E-state index in [1.165, 1.54) is 17.0 Å². The molecule has 0 aliphatic carbocycles. The van der Waals surface area contributed by atoms with E-state index in [0.717, 1.165) is 5.56 Å². The molecule has 19 heavy (non-hydrogen) atoms. The van der Waals surface area contributed by atoms with Crippen LogP contribution in [0.2, 0.25) is 0 Å². The van der Waals surface area contributed by atoms with E-state index in [1.54, 1.807) is 12.1 Å². The molecule has 0 bridgehead atoms. The van der Waals surface area contributed by atoms with Gasteiger partial charge in [-0.1, -0.05) is 12.1 Å². The Morgan fingerprint density at radius 2 is 2.05 bits per heavy atom. The van der Waals surface area contributed by atoms with Gasteiger partial charge in [0.1, 0.15) is 5.82 Å². The van der Waals surface area contributed by atoms with Crippen LogP contribution >= 0.6 is 0 Å². The fraction of sp³-hybridized carbons (Fsp3) is 0.429. The molecule has 0 spiro atoms. The van der Waals surface area contributed by atoms with E-state index in [2.05, 4.69) is 0 Å². The Balaban J connectivity index is 1.87. The first-order valence-corrected chi connectivity index (χ1v) is 6.39. The lowest BCUT2D eigenvalue weighted by atomic mass is 10.0. The lowest BCUT2D eigenvalue weighted by Crippen LogP contribution is -2.46. The Hall–Kier alpha value is -1.75. The highest BCUT2D eigenvalue weighted by Crippen LogP contribution is 2.13. The number of hydrogen-bond donors (Lipinski definition) is 1. The van der Waals surface area contributed by atoms with Crippen LogP contribution in [0.25, 0.3) is 0 Å². The molecule has 1 saturated heterocycles. The molecule has 1 unspecified atom stereocenters. The minimum absolute atomic E-state index is 0.131. The molecule has 2 amide bonds. The molecule has 5 heteroatoms. The lowest BCUT2D eigenvalue weighted by molar-refractivity contribution is -0.146. The van der Waals surface area contributed by atoms with Crippen LogP contribution in [-0.2, 0) is 16.0 Å². The first kappa shape index (κ1) is 13.7. The highest BCUT2D eigenvalue weighted by Gasteiger charge is 2.27. The maximum atomic E-state index is 12.7. The number of carbonyl (C=O) groups excluding carboxylic acids is 2. The molecule has 1 aromatic rings. The van der Waals surface area contributed by atoms with Gasteiger partial charge >= 0.3 is 0 Å².